The summed E-state index contributed by atoms with van der Waals surface area (Å²) in [7, 11) is 0. The lowest BCUT2D eigenvalue weighted by Gasteiger charge is -2.21. The molecular weight excluding hydrogens is 338 g/mol. The lowest BCUT2D eigenvalue weighted by atomic mass is 10.2. The van der Waals surface area contributed by atoms with Gasteiger partial charge < -0.3 is 15.5 Å². The molecule has 0 amide bonds. The first kappa shape index (κ1) is 18.1. The summed E-state index contributed by atoms with van der Waals surface area (Å²) < 4.78 is 0. The molecule has 2 aromatic carbocycles. The van der Waals surface area contributed by atoms with Crippen molar-refractivity contribution in [3.8, 4) is 6.07 Å². The largest absolute Gasteiger partial charge is 0.372 e. The van der Waals surface area contributed by atoms with Crippen LogP contribution in [0.25, 0.3) is 0 Å². The number of nitrogens with one attached hydrogen (secondary N) is 2. The van der Waals surface area contributed by atoms with E-state index in [0.29, 0.717) is 23.0 Å². The molecule has 0 bridgehead atoms. The Morgan fingerprint density at radius 2 is 1.74 bits per heavy atom. The highest BCUT2D eigenvalue weighted by Gasteiger charge is 2.06. The smallest absolute Gasteiger partial charge is 0.249 e. The summed E-state index contributed by atoms with van der Waals surface area (Å²) in [4.78, 5) is 6.69. The minimum atomic E-state index is 0.380. The van der Waals surface area contributed by atoms with Gasteiger partial charge >= 0.3 is 0 Å². The molecule has 1 aromatic heterocycles. The molecule has 7 heteroatoms. The van der Waals surface area contributed by atoms with Gasteiger partial charge in [0.15, 0.2) is 5.82 Å². The molecule has 0 atom stereocenters. The van der Waals surface area contributed by atoms with Gasteiger partial charge in [0.1, 0.15) is 6.07 Å². The fourth-order valence-corrected chi connectivity index (χ4v) is 2.72. The summed E-state index contributed by atoms with van der Waals surface area (Å²) in [5, 5.41) is 23.4. The van der Waals surface area contributed by atoms with Crippen molar-refractivity contribution in [2.45, 2.75) is 13.8 Å². The second kappa shape index (κ2) is 8.63. The van der Waals surface area contributed by atoms with Crippen LogP contribution in [0.5, 0.6) is 0 Å². The maximum atomic E-state index is 9.19. The van der Waals surface area contributed by atoms with Crippen molar-refractivity contribution in [1.82, 2.24) is 15.2 Å². The van der Waals surface area contributed by atoms with E-state index in [1.54, 1.807) is 6.07 Å². The molecule has 136 valence electrons. The molecule has 0 aliphatic rings. The third-order valence-corrected chi connectivity index (χ3v) is 4.12. The number of aromatic nitrogens is 3. The molecule has 1 heterocycles. The Labute approximate surface area is 158 Å². The highest BCUT2D eigenvalue weighted by molar-refractivity contribution is 5.65. The molecule has 27 heavy (non-hydrogen) atoms. The molecule has 0 unspecified atom stereocenters. The van der Waals surface area contributed by atoms with Gasteiger partial charge in [-0.2, -0.15) is 15.3 Å². The zero-order chi connectivity index (χ0) is 19.1. The zero-order valence-electron chi connectivity index (χ0n) is 15.3. The third kappa shape index (κ3) is 4.50. The lowest BCUT2D eigenvalue weighted by Crippen LogP contribution is -2.21. The Bertz CT molecular complexity index is 928. The van der Waals surface area contributed by atoms with Crippen LogP contribution in [0.4, 0.5) is 28.8 Å². The Kier molecular flexibility index (Phi) is 5.80. The van der Waals surface area contributed by atoms with Crippen LogP contribution >= 0.6 is 0 Å². The number of benzene rings is 2. The van der Waals surface area contributed by atoms with E-state index in [0.717, 1.165) is 18.8 Å². The first-order valence-electron chi connectivity index (χ1n) is 8.81. The van der Waals surface area contributed by atoms with Crippen molar-refractivity contribution < 1.29 is 0 Å². The SMILES string of the molecule is CCN(CC)c1ccc(Nc2nncc(Nc3ccccc3C#N)n2)cc1. The van der Waals surface area contributed by atoms with E-state index in [1.165, 1.54) is 11.9 Å². The van der Waals surface area contributed by atoms with Gasteiger partial charge in [0.2, 0.25) is 5.95 Å². The van der Waals surface area contributed by atoms with E-state index in [4.69, 9.17) is 0 Å². The van der Waals surface area contributed by atoms with Crippen LogP contribution in [-0.4, -0.2) is 28.3 Å². The minimum absolute atomic E-state index is 0.380. The van der Waals surface area contributed by atoms with E-state index >= 15 is 0 Å². The average molecular weight is 359 g/mol. The molecule has 0 aliphatic heterocycles. The van der Waals surface area contributed by atoms with Gasteiger partial charge in [-0.15, -0.1) is 5.10 Å². The first-order chi connectivity index (χ1) is 13.2. The molecule has 0 saturated heterocycles. The van der Waals surface area contributed by atoms with Gasteiger partial charge in [-0.25, -0.2) is 0 Å². The lowest BCUT2D eigenvalue weighted by molar-refractivity contribution is 0.866. The van der Waals surface area contributed by atoms with Gasteiger partial charge in [0, 0.05) is 24.5 Å². The van der Waals surface area contributed by atoms with Crippen LogP contribution in [-0.2, 0) is 0 Å². The molecule has 0 fully saturated rings. The van der Waals surface area contributed by atoms with Crippen LogP contribution in [0.3, 0.4) is 0 Å². The number of rotatable bonds is 7. The van der Waals surface area contributed by atoms with E-state index < -0.39 is 0 Å². The maximum absolute atomic E-state index is 9.19. The summed E-state index contributed by atoms with van der Waals surface area (Å²) in [6.07, 6.45) is 1.52. The molecule has 2 N–H and O–H groups in total. The highest BCUT2D eigenvalue weighted by Crippen LogP contribution is 2.21. The second-order valence-electron chi connectivity index (χ2n) is 5.79. The Balaban J connectivity index is 1.73. The number of para-hydroxylation sites is 1. The van der Waals surface area contributed by atoms with E-state index in [9.17, 15) is 5.26 Å². The molecule has 0 aliphatic carbocycles. The van der Waals surface area contributed by atoms with Gasteiger partial charge in [-0.3, -0.25) is 0 Å². The van der Waals surface area contributed by atoms with Crippen molar-refractivity contribution in [2.75, 3.05) is 28.6 Å². The van der Waals surface area contributed by atoms with E-state index in [2.05, 4.69) is 62.8 Å². The predicted octanol–water partition coefficient (Wildman–Crippen LogP) is 4.08. The molecule has 3 rings (SSSR count). The minimum Gasteiger partial charge on any atom is -0.372 e. The average Bonchev–Trinajstić information content (AvgIpc) is 2.71. The summed E-state index contributed by atoms with van der Waals surface area (Å²) in [6.45, 7) is 6.21. The fourth-order valence-electron chi connectivity index (χ4n) is 2.72. The number of nitriles is 1. The van der Waals surface area contributed by atoms with Crippen molar-refractivity contribution >= 4 is 28.8 Å². The zero-order valence-corrected chi connectivity index (χ0v) is 15.3. The molecule has 0 spiro atoms. The highest BCUT2D eigenvalue weighted by atomic mass is 15.3. The van der Waals surface area contributed by atoms with Gasteiger partial charge in [-0.1, -0.05) is 12.1 Å². The van der Waals surface area contributed by atoms with Gasteiger partial charge in [-0.05, 0) is 50.2 Å². The van der Waals surface area contributed by atoms with Crippen LogP contribution in [0.1, 0.15) is 19.4 Å². The maximum Gasteiger partial charge on any atom is 0.249 e. The van der Waals surface area contributed by atoms with Gasteiger partial charge in [0.25, 0.3) is 0 Å². The molecule has 7 nitrogen and oxygen atoms in total. The standard InChI is InChI=1S/C20H21N7/c1-3-27(4-2)17-11-9-16(10-12-17)23-20-25-19(14-22-26-20)24-18-8-6-5-7-15(18)13-21/h5-12,14H,3-4H2,1-2H3,(H2,23,24,25,26). The van der Waals surface area contributed by atoms with Crippen molar-refractivity contribution in [2.24, 2.45) is 0 Å². The monoisotopic (exact) mass is 359 g/mol. The Morgan fingerprint density at radius 3 is 2.44 bits per heavy atom. The topological polar surface area (TPSA) is 89.8 Å². The number of hydrogen-bond donors (Lipinski definition) is 2. The third-order valence-electron chi connectivity index (χ3n) is 4.12. The predicted molar refractivity (Wildman–Crippen MR) is 108 cm³/mol. The summed E-state index contributed by atoms with van der Waals surface area (Å²) in [6, 6.07) is 17.5. The molecule has 0 radical (unpaired) electrons. The van der Waals surface area contributed by atoms with Crippen LogP contribution in [0.15, 0.2) is 54.7 Å². The van der Waals surface area contributed by atoms with Crippen molar-refractivity contribution in [3.05, 3.63) is 60.3 Å². The molecule has 0 saturated carbocycles. The van der Waals surface area contributed by atoms with Crippen molar-refractivity contribution in [3.63, 3.8) is 0 Å². The normalized spacial score (nSPS) is 10.1. The number of anilines is 5. The number of hydrogen-bond acceptors (Lipinski definition) is 7. The van der Waals surface area contributed by atoms with Crippen LogP contribution in [0.2, 0.25) is 0 Å². The fraction of sp³-hybridized carbons (Fsp3) is 0.200. The Morgan fingerprint density at radius 1 is 1.00 bits per heavy atom. The molecule has 3 aromatic rings. The van der Waals surface area contributed by atoms with Crippen molar-refractivity contribution in [1.29, 1.82) is 5.26 Å². The second-order valence-corrected chi connectivity index (χ2v) is 5.79. The van der Waals surface area contributed by atoms with E-state index in [-0.39, 0.29) is 0 Å². The van der Waals surface area contributed by atoms with Crippen LogP contribution < -0.4 is 15.5 Å². The van der Waals surface area contributed by atoms with Gasteiger partial charge in [0.05, 0.1) is 17.4 Å². The quantitative estimate of drug-likeness (QED) is 0.657. The summed E-state index contributed by atoms with van der Waals surface area (Å²) >= 11 is 0. The first-order valence-corrected chi connectivity index (χ1v) is 8.81. The summed E-state index contributed by atoms with van der Waals surface area (Å²) in [5.74, 6) is 0.889. The molecular formula is C20H21N7. The van der Waals surface area contributed by atoms with E-state index in [1.807, 2.05) is 30.3 Å². The number of nitrogens with zero attached hydrogens (tertiary/aromatic N) is 5. The Hall–Kier alpha value is -3.66. The summed E-state index contributed by atoms with van der Waals surface area (Å²) in [5.41, 5.74) is 3.27. The van der Waals surface area contributed by atoms with Crippen LogP contribution in [0, 0.1) is 11.3 Å².